The largest absolute Gasteiger partial charge is 0.387 e. The van der Waals surface area contributed by atoms with Crippen molar-refractivity contribution in [2.24, 2.45) is 0 Å². The number of aliphatic hydroxyl groups is 1. The van der Waals surface area contributed by atoms with Crippen LogP contribution in [0.25, 0.3) is 0 Å². The number of nitrogens with one attached hydrogen (secondary N) is 2. The Morgan fingerprint density at radius 3 is 2.73 bits per heavy atom. The Hall–Kier alpha value is -2.25. The number of carbonyl (C=O) groups is 1. The molecule has 0 fully saturated rings. The van der Waals surface area contributed by atoms with Crippen LogP contribution in [0.2, 0.25) is 5.02 Å². The van der Waals surface area contributed by atoms with Crippen molar-refractivity contribution in [3.8, 4) is 0 Å². The molecule has 1 atom stereocenters. The third-order valence-electron chi connectivity index (χ3n) is 2.75. The van der Waals surface area contributed by atoms with Crippen LogP contribution in [0.4, 0.5) is 19.4 Å². The summed E-state index contributed by atoms with van der Waals surface area (Å²) in [5.41, 5.74) is 0.280. The summed E-state index contributed by atoms with van der Waals surface area (Å²) in [6.45, 7) is -0.145. The second-order valence-electron chi connectivity index (χ2n) is 4.39. The Labute approximate surface area is 129 Å². The molecule has 1 aromatic heterocycles. The standard InChI is InChI=1S/C14H12ClF2N3O2/c15-10-3-1-8(5-11(10)17)12(21)7-19-14(22)20-13-4-2-9(16)6-18-13/h1-6,12,21H,7H2,(H2,18,19,20,22)/t12-/m1/s1. The summed E-state index contributed by atoms with van der Waals surface area (Å²) in [4.78, 5) is 15.2. The lowest BCUT2D eigenvalue weighted by Gasteiger charge is -2.13. The van der Waals surface area contributed by atoms with Gasteiger partial charge in [-0.25, -0.2) is 18.6 Å². The fraction of sp³-hybridized carbons (Fsp3) is 0.143. The summed E-state index contributed by atoms with van der Waals surface area (Å²) in [7, 11) is 0. The van der Waals surface area contributed by atoms with E-state index in [0.717, 1.165) is 18.3 Å². The van der Waals surface area contributed by atoms with E-state index in [1.54, 1.807) is 0 Å². The van der Waals surface area contributed by atoms with Gasteiger partial charge >= 0.3 is 6.03 Å². The molecule has 8 heteroatoms. The van der Waals surface area contributed by atoms with Gasteiger partial charge in [-0.2, -0.15) is 0 Å². The molecule has 0 aliphatic carbocycles. The van der Waals surface area contributed by atoms with Gasteiger partial charge in [-0.3, -0.25) is 5.32 Å². The first-order valence-electron chi connectivity index (χ1n) is 6.25. The molecule has 5 nitrogen and oxygen atoms in total. The van der Waals surface area contributed by atoms with Crippen molar-refractivity contribution >= 4 is 23.4 Å². The molecule has 0 unspecified atom stereocenters. The topological polar surface area (TPSA) is 74.2 Å². The van der Waals surface area contributed by atoms with Crippen LogP contribution in [0.3, 0.4) is 0 Å². The van der Waals surface area contributed by atoms with Gasteiger partial charge in [-0.1, -0.05) is 17.7 Å². The average molecular weight is 328 g/mol. The van der Waals surface area contributed by atoms with Crippen molar-refractivity contribution in [2.75, 3.05) is 11.9 Å². The fourth-order valence-electron chi connectivity index (χ4n) is 1.64. The number of amides is 2. The lowest BCUT2D eigenvalue weighted by molar-refractivity contribution is 0.174. The number of benzene rings is 1. The first kappa shape index (κ1) is 16.1. The van der Waals surface area contributed by atoms with E-state index in [0.29, 0.717) is 0 Å². The highest BCUT2D eigenvalue weighted by molar-refractivity contribution is 6.30. The minimum Gasteiger partial charge on any atom is -0.387 e. The summed E-state index contributed by atoms with van der Waals surface area (Å²) in [5, 5.41) is 14.6. The highest BCUT2D eigenvalue weighted by atomic mass is 35.5. The van der Waals surface area contributed by atoms with Crippen molar-refractivity contribution in [3.05, 3.63) is 58.7 Å². The van der Waals surface area contributed by atoms with Gasteiger partial charge in [-0.05, 0) is 29.8 Å². The first-order chi connectivity index (χ1) is 10.5. The smallest absolute Gasteiger partial charge is 0.320 e. The number of pyridine rings is 1. The monoisotopic (exact) mass is 327 g/mol. The van der Waals surface area contributed by atoms with Gasteiger partial charge in [0.05, 0.1) is 17.3 Å². The fourth-order valence-corrected chi connectivity index (χ4v) is 1.75. The van der Waals surface area contributed by atoms with Crippen LogP contribution >= 0.6 is 11.6 Å². The van der Waals surface area contributed by atoms with Gasteiger partial charge in [0, 0.05) is 6.54 Å². The number of anilines is 1. The number of hydrogen-bond donors (Lipinski definition) is 3. The quantitative estimate of drug-likeness (QED) is 0.808. The molecule has 0 bridgehead atoms. The molecule has 0 radical (unpaired) electrons. The Morgan fingerprint density at radius 1 is 1.32 bits per heavy atom. The number of carbonyl (C=O) groups excluding carboxylic acids is 1. The maximum atomic E-state index is 13.3. The van der Waals surface area contributed by atoms with Crippen LogP contribution in [0.15, 0.2) is 36.5 Å². The SMILES string of the molecule is O=C(NC[C@@H](O)c1ccc(Cl)c(F)c1)Nc1ccc(F)cn1. The summed E-state index contributed by atoms with van der Waals surface area (Å²) in [6, 6.07) is 5.67. The zero-order valence-electron chi connectivity index (χ0n) is 11.2. The highest BCUT2D eigenvalue weighted by Gasteiger charge is 2.12. The molecule has 1 aromatic carbocycles. The Morgan fingerprint density at radius 2 is 2.09 bits per heavy atom. The van der Waals surface area contributed by atoms with E-state index < -0.39 is 23.8 Å². The summed E-state index contributed by atoms with van der Waals surface area (Å²) < 4.78 is 25.9. The molecular weight excluding hydrogens is 316 g/mol. The molecule has 0 aliphatic heterocycles. The van der Waals surface area contributed by atoms with Gasteiger partial charge in [0.1, 0.15) is 17.5 Å². The molecule has 22 heavy (non-hydrogen) atoms. The number of aromatic nitrogens is 1. The molecule has 2 aromatic rings. The predicted molar refractivity (Wildman–Crippen MR) is 77.6 cm³/mol. The number of aliphatic hydroxyl groups excluding tert-OH is 1. The molecule has 0 saturated heterocycles. The third kappa shape index (κ3) is 4.37. The van der Waals surface area contributed by atoms with E-state index >= 15 is 0 Å². The number of urea groups is 1. The Kier molecular flexibility index (Phi) is 5.24. The van der Waals surface area contributed by atoms with Gasteiger partial charge in [0.25, 0.3) is 0 Å². The van der Waals surface area contributed by atoms with E-state index in [1.807, 2.05) is 0 Å². The molecule has 0 aliphatic rings. The van der Waals surface area contributed by atoms with Crippen molar-refractivity contribution in [3.63, 3.8) is 0 Å². The molecule has 1 heterocycles. The van der Waals surface area contributed by atoms with Crippen LogP contribution < -0.4 is 10.6 Å². The summed E-state index contributed by atoms with van der Waals surface area (Å²) >= 11 is 5.54. The van der Waals surface area contributed by atoms with E-state index in [1.165, 1.54) is 18.2 Å². The van der Waals surface area contributed by atoms with Crippen molar-refractivity contribution in [1.82, 2.24) is 10.3 Å². The minimum atomic E-state index is -1.10. The van der Waals surface area contributed by atoms with E-state index in [2.05, 4.69) is 15.6 Å². The molecule has 3 N–H and O–H groups in total. The highest BCUT2D eigenvalue weighted by Crippen LogP contribution is 2.19. The van der Waals surface area contributed by atoms with Gasteiger partial charge in [-0.15, -0.1) is 0 Å². The molecule has 116 valence electrons. The predicted octanol–water partition coefficient (Wildman–Crippen LogP) is 2.87. The van der Waals surface area contributed by atoms with E-state index in [9.17, 15) is 18.7 Å². The normalized spacial score (nSPS) is 11.8. The summed E-state index contributed by atoms with van der Waals surface area (Å²) in [5.74, 6) is -1.02. The zero-order chi connectivity index (χ0) is 16.1. The average Bonchev–Trinajstić information content (AvgIpc) is 2.50. The number of hydrogen-bond acceptors (Lipinski definition) is 3. The maximum absolute atomic E-state index is 13.3. The van der Waals surface area contributed by atoms with Gasteiger partial charge in [0.15, 0.2) is 0 Å². The molecule has 0 saturated carbocycles. The van der Waals surface area contributed by atoms with Gasteiger partial charge < -0.3 is 10.4 Å². The lowest BCUT2D eigenvalue weighted by Crippen LogP contribution is -2.32. The van der Waals surface area contributed by atoms with Crippen LogP contribution in [-0.2, 0) is 0 Å². The van der Waals surface area contributed by atoms with Crippen LogP contribution in [0.1, 0.15) is 11.7 Å². The third-order valence-corrected chi connectivity index (χ3v) is 3.06. The van der Waals surface area contributed by atoms with Crippen molar-refractivity contribution in [2.45, 2.75) is 6.10 Å². The van der Waals surface area contributed by atoms with E-state index in [4.69, 9.17) is 11.6 Å². The molecule has 0 spiro atoms. The maximum Gasteiger partial charge on any atom is 0.320 e. The zero-order valence-corrected chi connectivity index (χ0v) is 11.9. The van der Waals surface area contributed by atoms with Gasteiger partial charge in [0.2, 0.25) is 0 Å². The number of nitrogens with zero attached hydrogens (tertiary/aromatic N) is 1. The number of rotatable bonds is 4. The summed E-state index contributed by atoms with van der Waals surface area (Å²) in [6.07, 6.45) is -0.139. The van der Waals surface area contributed by atoms with Crippen molar-refractivity contribution < 1.29 is 18.7 Å². The Balaban J connectivity index is 1.87. The number of halogens is 3. The van der Waals surface area contributed by atoms with Crippen LogP contribution in [-0.4, -0.2) is 22.7 Å². The van der Waals surface area contributed by atoms with Crippen molar-refractivity contribution in [1.29, 1.82) is 0 Å². The van der Waals surface area contributed by atoms with Crippen LogP contribution in [0.5, 0.6) is 0 Å². The second kappa shape index (κ2) is 7.15. The van der Waals surface area contributed by atoms with E-state index in [-0.39, 0.29) is 22.9 Å². The molecular formula is C14H12ClF2N3O2. The van der Waals surface area contributed by atoms with Crippen LogP contribution in [0, 0.1) is 11.6 Å². The molecule has 2 amide bonds. The lowest BCUT2D eigenvalue weighted by atomic mass is 10.1. The first-order valence-corrected chi connectivity index (χ1v) is 6.63. The minimum absolute atomic E-state index is 0.0518. The Bertz CT molecular complexity index is 668. The second-order valence-corrected chi connectivity index (χ2v) is 4.79. The molecule has 2 rings (SSSR count).